The first kappa shape index (κ1) is 23.6. The summed E-state index contributed by atoms with van der Waals surface area (Å²) >= 11 is 0. The molecule has 37 heavy (non-hydrogen) atoms. The molecule has 0 fully saturated rings. The average molecular weight is 506 g/mol. The number of aromatic nitrogens is 4. The lowest BCUT2D eigenvalue weighted by molar-refractivity contribution is 0.103. The Bertz CT molecular complexity index is 1670. The molecule has 2 aromatic heterocycles. The van der Waals surface area contributed by atoms with Gasteiger partial charge in [-0.1, -0.05) is 0 Å². The van der Waals surface area contributed by atoms with E-state index in [0.717, 1.165) is 24.3 Å². The van der Waals surface area contributed by atoms with Gasteiger partial charge in [-0.15, -0.1) is 0 Å². The van der Waals surface area contributed by atoms with Gasteiger partial charge in [0.2, 0.25) is 0 Å². The average Bonchev–Trinajstić information content (AvgIpc) is 3.42. The molecule has 8 nitrogen and oxygen atoms in total. The van der Waals surface area contributed by atoms with Crippen molar-refractivity contribution in [2.75, 3.05) is 10.6 Å². The third kappa shape index (κ3) is 4.85. The number of hydrogen-bond acceptors (Lipinski definition) is 5. The predicted octanol–water partition coefficient (Wildman–Crippen LogP) is 5.45. The van der Waals surface area contributed by atoms with E-state index in [9.17, 15) is 27.2 Å². The third-order valence-electron chi connectivity index (χ3n) is 5.31. The van der Waals surface area contributed by atoms with Crippen molar-refractivity contribution in [3.63, 3.8) is 0 Å². The van der Waals surface area contributed by atoms with Gasteiger partial charge in [0.15, 0.2) is 29.1 Å². The molecular formula is C25H14F4N6O2. The number of hydrogen-bond donors (Lipinski definition) is 3. The van der Waals surface area contributed by atoms with E-state index >= 15 is 0 Å². The van der Waals surface area contributed by atoms with Gasteiger partial charge in [0.25, 0.3) is 0 Å². The molecule has 5 rings (SSSR count). The number of benzene rings is 3. The minimum Gasteiger partial charge on any atom is -0.308 e. The number of ketones is 1. The third-order valence-corrected chi connectivity index (χ3v) is 5.31. The summed E-state index contributed by atoms with van der Waals surface area (Å²) in [6.07, 6.45) is 4.69. The monoisotopic (exact) mass is 506 g/mol. The van der Waals surface area contributed by atoms with Crippen LogP contribution < -0.4 is 10.6 Å². The highest BCUT2D eigenvalue weighted by atomic mass is 19.2. The lowest BCUT2D eigenvalue weighted by Gasteiger charge is -2.11. The van der Waals surface area contributed by atoms with Crippen LogP contribution in [0.2, 0.25) is 0 Å². The highest BCUT2D eigenvalue weighted by molar-refractivity contribution is 6.11. The number of anilines is 2. The number of nitrogens with zero attached hydrogens (tertiary/aromatic N) is 3. The maximum absolute atomic E-state index is 14.6. The van der Waals surface area contributed by atoms with Crippen LogP contribution in [0.3, 0.4) is 0 Å². The topological polar surface area (TPSA) is 113 Å². The Morgan fingerprint density at radius 2 is 1.57 bits per heavy atom. The molecule has 0 aliphatic rings. The summed E-state index contributed by atoms with van der Waals surface area (Å²) < 4.78 is 55.4. The summed E-state index contributed by atoms with van der Waals surface area (Å²) in [5.41, 5.74) is 1.01. The number of carbonyl (C=O) groups excluding carboxylic acids is 2. The summed E-state index contributed by atoms with van der Waals surface area (Å²) in [6, 6.07) is 7.65. The van der Waals surface area contributed by atoms with Crippen molar-refractivity contribution < 1.29 is 27.2 Å². The van der Waals surface area contributed by atoms with E-state index in [0.29, 0.717) is 28.4 Å². The number of rotatable bonds is 5. The van der Waals surface area contributed by atoms with Crippen LogP contribution in [0, 0.1) is 23.3 Å². The van der Waals surface area contributed by atoms with Crippen LogP contribution in [0.25, 0.3) is 22.3 Å². The Kier molecular flexibility index (Phi) is 6.05. The molecule has 0 unspecified atom stereocenters. The SMILES string of the molecule is O=C(Nc1ccc(F)c(F)c1)Nc1cc(F)c(F)c(C(=O)c2ccc3ncc(-c4cn[nH]c4)nc3c2)c1. The molecule has 0 saturated carbocycles. The lowest BCUT2D eigenvalue weighted by Crippen LogP contribution is -2.20. The van der Waals surface area contributed by atoms with Crippen molar-refractivity contribution in [1.82, 2.24) is 20.2 Å². The van der Waals surface area contributed by atoms with Crippen molar-refractivity contribution in [2.45, 2.75) is 0 Å². The van der Waals surface area contributed by atoms with Crippen LogP contribution in [-0.4, -0.2) is 32.0 Å². The Morgan fingerprint density at radius 3 is 2.32 bits per heavy atom. The Morgan fingerprint density at radius 1 is 0.784 bits per heavy atom. The summed E-state index contributed by atoms with van der Waals surface area (Å²) in [5, 5.41) is 11.0. The quantitative estimate of drug-likeness (QED) is 0.217. The molecule has 0 bridgehead atoms. The van der Waals surface area contributed by atoms with Gasteiger partial charge in [-0.05, 0) is 36.4 Å². The molecular weight excluding hydrogens is 492 g/mol. The second kappa shape index (κ2) is 9.49. The molecule has 3 aromatic carbocycles. The van der Waals surface area contributed by atoms with Gasteiger partial charge >= 0.3 is 6.03 Å². The van der Waals surface area contributed by atoms with Crippen LogP contribution in [0.5, 0.6) is 0 Å². The van der Waals surface area contributed by atoms with Crippen molar-refractivity contribution in [3.8, 4) is 11.3 Å². The zero-order valence-electron chi connectivity index (χ0n) is 18.5. The van der Waals surface area contributed by atoms with Crippen molar-refractivity contribution >= 4 is 34.2 Å². The molecule has 0 atom stereocenters. The van der Waals surface area contributed by atoms with E-state index in [2.05, 4.69) is 30.8 Å². The van der Waals surface area contributed by atoms with E-state index in [1.54, 1.807) is 12.4 Å². The molecule has 3 N–H and O–H groups in total. The molecule has 184 valence electrons. The molecule has 2 amide bonds. The van der Waals surface area contributed by atoms with Crippen molar-refractivity contribution in [2.24, 2.45) is 0 Å². The smallest absolute Gasteiger partial charge is 0.308 e. The van der Waals surface area contributed by atoms with E-state index in [1.165, 1.54) is 24.4 Å². The summed E-state index contributed by atoms with van der Waals surface area (Å²) in [6.45, 7) is 0. The lowest BCUT2D eigenvalue weighted by atomic mass is 10.0. The predicted molar refractivity (Wildman–Crippen MR) is 126 cm³/mol. The van der Waals surface area contributed by atoms with Crippen molar-refractivity contribution in [3.05, 3.63) is 102 Å². The molecule has 0 aliphatic carbocycles. The fourth-order valence-electron chi connectivity index (χ4n) is 3.53. The molecule has 0 aliphatic heterocycles. The maximum atomic E-state index is 14.6. The van der Waals surface area contributed by atoms with Gasteiger partial charge in [0.05, 0.1) is 34.7 Å². The van der Waals surface area contributed by atoms with Crippen molar-refractivity contribution in [1.29, 1.82) is 0 Å². The number of H-pyrrole nitrogens is 1. The van der Waals surface area contributed by atoms with Gasteiger partial charge < -0.3 is 10.6 Å². The largest absolute Gasteiger partial charge is 0.323 e. The zero-order chi connectivity index (χ0) is 26.1. The Labute approximate surface area is 205 Å². The number of aromatic amines is 1. The first-order valence-corrected chi connectivity index (χ1v) is 10.6. The van der Waals surface area contributed by atoms with E-state index in [1.807, 2.05) is 0 Å². The van der Waals surface area contributed by atoms with E-state index in [-0.39, 0.29) is 16.9 Å². The number of fused-ring (bicyclic) bond motifs is 1. The summed E-state index contributed by atoms with van der Waals surface area (Å²) in [5.74, 6) is -5.94. The van der Waals surface area contributed by atoms with Gasteiger partial charge in [-0.3, -0.25) is 14.9 Å². The molecule has 0 saturated heterocycles. The van der Waals surface area contributed by atoms with Gasteiger partial charge in [-0.25, -0.2) is 27.3 Å². The summed E-state index contributed by atoms with van der Waals surface area (Å²) in [4.78, 5) is 34.1. The Hall–Kier alpha value is -5.13. The minimum atomic E-state index is -1.41. The number of amides is 2. The highest BCUT2D eigenvalue weighted by Crippen LogP contribution is 2.24. The van der Waals surface area contributed by atoms with Crippen LogP contribution >= 0.6 is 0 Å². The van der Waals surface area contributed by atoms with Crippen LogP contribution in [-0.2, 0) is 0 Å². The minimum absolute atomic E-state index is 0.00725. The molecule has 2 heterocycles. The van der Waals surface area contributed by atoms with Gasteiger partial charge in [-0.2, -0.15) is 5.10 Å². The standard InChI is InChI=1S/C25H14F4N6O2/c26-17-3-2-14(7-18(17)27)33-25(37)34-15-6-16(23(29)19(28)8-15)24(36)12-1-4-20-21(5-12)35-22(11-30-20)13-9-31-32-10-13/h1-11H,(H,31,32)(H2,33,34,37). The number of halogens is 4. The Balaban J connectivity index is 1.42. The van der Waals surface area contributed by atoms with Crippen LogP contribution in [0.4, 0.5) is 33.7 Å². The highest BCUT2D eigenvalue weighted by Gasteiger charge is 2.20. The number of carbonyl (C=O) groups is 2. The summed E-state index contributed by atoms with van der Waals surface area (Å²) in [7, 11) is 0. The fourth-order valence-corrected chi connectivity index (χ4v) is 3.53. The number of nitrogens with one attached hydrogen (secondary N) is 3. The van der Waals surface area contributed by atoms with E-state index < -0.39 is 40.6 Å². The van der Waals surface area contributed by atoms with Gasteiger partial charge in [0, 0.05) is 40.8 Å². The zero-order valence-corrected chi connectivity index (χ0v) is 18.5. The molecule has 0 radical (unpaired) electrons. The molecule has 12 heteroatoms. The second-order valence-corrected chi connectivity index (χ2v) is 7.80. The second-order valence-electron chi connectivity index (χ2n) is 7.80. The van der Waals surface area contributed by atoms with Crippen LogP contribution in [0.1, 0.15) is 15.9 Å². The first-order valence-electron chi connectivity index (χ1n) is 10.6. The fraction of sp³-hybridized carbons (Fsp3) is 0. The first-order chi connectivity index (χ1) is 17.8. The van der Waals surface area contributed by atoms with Crippen LogP contribution in [0.15, 0.2) is 67.1 Å². The molecule has 0 spiro atoms. The number of urea groups is 1. The molecule has 5 aromatic rings. The van der Waals surface area contributed by atoms with E-state index in [4.69, 9.17) is 0 Å². The van der Waals surface area contributed by atoms with Gasteiger partial charge in [0.1, 0.15) is 0 Å². The maximum Gasteiger partial charge on any atom is 0.323 e. The normalized spacial score (nSPS) is 10.9.